The maximum absolute atomic E-state index is 11.2. The Morgan fingerprint density at radius 2 is 2.14 bits per heavy atom. The molecule has 1 rings (SSSR count). The molecule has 0 heterocycles. The standard InChI is InChI=1S/C10H14N2O2/c11-9-4-2-1-3-8(9)7-10(14)12-5-6-13/h1-4,13H,5-7,11H2,(H,12,14). The van der Waals surface area contributed by atoms with Crippen molar-refractivity contribution < 1.29 is 9.90 Å². The summed E-state index contributed by atoms with van der Waals surface area (Å²) in [5.41, 5.74) is 7.09. The van der Waals surface area contributed by atoms with Crippen LogP contribution in [0, 0.1) is 0 Å². The average Bonchev–Trinajstić information content (AvgIpc) is 2.18. The maximum Gasteiger partial charge on any atom is 0.224 e. The molecule has 14 heavy (non-hydrogen) atoms. The largest absolute Gasteiger partial charge is 0.398 e. The minimum Gasteiger partial charge on any atom is -0.398 e. The average molecular weight is 194 g/mol. The lowest BCUT2D eigenvalue weighted by Gasteiger charge is -2.05. The van der Waals surface area contributed by atoms with Crippen molar-refractivity contribution >= 4 is 11.6 Å². The highest BCUT2D eigenvalue weighted by Crippen LogP contribution is 2.10. The van der Waals surface area contributed by atoms with Crippen molar-refractivity contribution in [2.75, 3.05) is 18.9 Å². The van der Waals surface area contributed by atoms with Gasteiger partial charge in [0.1, 0.15) is 0 Å². The van der Waals surface area contributed by atoms with E-state index in [1.54, 1.807) is 6.07 Å². The summed E-state index contributed by atoms with van der Waals surface area (Å²) in [6, 6.07) is 7.23. The van der Waals surface area contributed by atoms with Gasteiger partial charge in [0.15, 0.2) is 0 Å². The van der Waals surface area contributed by atoms with Crippen LogP contribution in [0.25, 0.3) is 0 Å². The Hall–Kier alpha value is -1.55. The number of aliphatic hydroxyl groups excluding tert-OH is 1. The van der Waals surface area contributed by atoms with Gasteiger partial charge in [0.05, 0.1) is 13.0 Å². The third kappa shape index (κ3) is 3.06. The monoisotopic (exact) mass is 194 g/mol. The molecular weight excluding hydrogens is 180 g/mol. The Balaban J connectivity index is 2.52. The lowest BCUT2D eigenvalue weighted by Crippen LogP contribution is -2.28. The van der Waals surface area contributed by atoms with Crippen molar-refractivity contribution in [1.29, 1.82) is 0 Å². The molecule has 0 saturated carbocycles. The molecule has 4 nitrogen and oxygen atoms in total. The topological polar surface area (TPSA) is 75.4 Å². The van der Waals surface area contributed by atoms with E-state index in [-0.39, 0.29) is 25.5 Å². The van der Waals surface area contributed by atoms with Crippen LogP contribution in [0.3, 0.4) is 0 Å². The first kappa shape index (κ1) is 10.5. The molecule has 0 aliphatic carbocycles. The number of hydrogen-bond donors (Lipinski definition) is 3. The van der Waals surface area contributed by atoms with Crippen molar-refractivity contribution in [3.63, 3.8) is 0 Å². The number of aliphatic hydroxyl groups is 1. The SMILES string of the molecule is Nc1ccccc1CC(=O)NCCO. The van der Waals surface area contributed by atoms with Crippen molar-refractivity contribution in [2.24, 2.45) is 0 Å². The van der Waals surface area contributed by atoms with Crippen molar-refractivity contribution in [2.45, 2.75) is 6.42 Å². The van der Waals surface area contributed by atoms with E-state index in [4.69, 9.17) is 10.8 Å². The normalized spacial score (nSPS) is 9.79. The predicted octanol–water partition coefficient (Wildman–Crippen LogP) is -0.0802. The number of nitrogens with one attached hydrogen (secondary N) is 1. The number of carbonyl (C=O) groups is 1. The fourth-order valence-electron chi connectivity index (χ4n) is 1.13. The third-order valence-electron chi connectivity index (χ3n) is 1.84. The first-order chi connectivity index (χ1) is 6.74. The van der Waals surface area contributed by atoms with Crippen LogP contribution in [0.1, 0.15) is 5.56 Å². The van der Waals surface area contributed by atoms with Gasteiger partial charge >= 0.3 is 0 Å². The first-order valence-electron chi connectivity index (χ1n) is 4.45. The number of nitrogen functional groups attached to an aromatic ring is 1. The fourth-order valence-corrected chi connectivity index (χ4v) is 1.13. The second-order valence-corrected chi connectivity index (χ2v) is 2.95. The molecule has 0 aliphatic rings. The molecule has 0 fully saturated rings. The molecule has 4 heteroatoms. The number of nitrogens with two attached hydrogens (primary N) is 1. The van der Waals surface area contributed by atoms with Gasteiger partial charge in [-0.25, -0.2) is 0 Å². The molecule has 0 spiro atoms. The lowest BCUT2D eigenvalue weighted by molar-refractivity contribution is -0.120. The van der Waals surface area contributed by atoms with Crippen molar-refractivity contribution in [1.82, 2.24) is 5.32 Å². The number of benzene rings is 1. The van der Waals surface area contributed by atoms with Crippen LogP contribution in [0.5, 0.6) is 0 Å². The number of para-hydroxylation sites is 1. The third-order valence-corrected chi connectivity index (χ3v) is 1.84. The van der Waals surface area contributed by atoms with Gasteiger partial charge in [0, 0.05) is 12.2 Å². The molecule has 1 aromatic rings. The Morgan fingerprint density at radius 1 is 1.43 bits per heavy atom. The molecular formula is C10H14N2O2. The minimum atomic E-state index is -0.128. The summed E-state index contributed by atoms with van der Waals surface area (Å²) in [7, 11) is 0. The van der Waals surface area contributed by atoms with Gasteiger partial charge in [-0.3, -0.25) is 4.79 Å². The van der Waals surface area contributed by atoms with Crippen molar-refractivity contribution in [3.8, 4) is 0 Å². The molecule has 0 bridgehead atoms. The first-order valence-corrected chi connectivity index (χ1v) is 4.45. The van der Waals surface area contributed by atoms with E-state index in [0.717, 1.165) is 5.56 Å². The smallest absolute Gasteiger partial charge is 0.224 e. The van der Waals surface area contributed by atoms with E-state index >= 15 is 0 Å². The molecule has 1 amide bonds. The predicted molar refractivity (Wildman–Crippen MR) is 54.7 cm³/mol. The summed E-state index contributed by atoms with van der Waals surface area (Å²) in [5, 5.41) is 11.1. The molecule has 0 radical (unpaired) electrons. The second kappa shape index (κ2) is 5.24. The number of rotatable bonds is 4. The molecule has 4 N–H and O–H groups in total. The Kier molecular flexibility index (Phi) is 3.94. The van der Waals surface area contributed by atoms with E-state index in [0.29, 0.717) is 5.69 Å². The van der Waals surface area contributed by atoms with Crippen molar-refractivity contribution in [3.05, 3.63) is 29.8 Å². The number of amides is 1. The highest BCUT2D eigenvalue weighted by Gasteiger charge is 2.04. The van der Waals surface area contributed by atoms with E-state index in [1.165, 1.54) is 0 Å². The van der Waals surface area contributed by atoms with Crippen LogP contribution in [0.4, 0.5) is 5.69 Å². The lowest BCUT2D eigenvalue weighted by atomic mass is 10.1. The second-order valence-electron chi connectivity index (χ2n) is 2.95. The van der Waals surface area contributed by atoms with E-state index in [2.05, 4.69) is 5.32 Å². The summed E-state index contributed by atoms with van der Waals surface area (Å²) >= 11 is 0. The summed E-state index contributed by atoms with van der Waals surface area (Å²) in [6.45, 7) is 0.238. The number of hydrogen-bond acceptors (Lipinski definition) is 3. The van der Waals surface area contributed by atoms with Gasteiger partial charge in [0.25, 0.3) is 0 Å². The zero-order valence-electron chi connectivity index (χ0n) is 7.86. The summed E-state index contributed by atoms with van der Waals surface area (Å²) < 4.78 is 0. The zero-order valence-corrected chi connectivity index (χ0v) is 7.86. The molecule has 0 unspecified atom stereocenters. The highest BCUT2D eigenvalue weighted by atomic mass is 16.3. The molecule has 76 valence electrons. The van der Waals surface area contributed by atoms with Gasteiger partial charge in [0.2, 0.25) is 5.91 Å². The Labute approximate surface area is 82.7 Å². The van der Waals surface area contributed by atoms with Crippen LogP contribution < -0.4 is 11.1 Å². The molecule has 0 aromatic heterocycles. The fraction of sp³-hybridized carbons (Fsp3) is 0.300. The van der Waals surface area contributed by atoms with Gasteiger partial charge in [-0.15, -0.1) is 0 Å². The number of anilines is 1. The molecule has 0 aliphatic heterocycles. The van der Waals surface area contributed by atoms with Crippen LogP contribution in [-0.4, -0.2) is 24.2 Å². The van der Waals surface area contributed by atoms with Gasteiger partial charge in [-0.05, 0) is 11.6 Å². The van der Waals surface area contributed by atoms with Gasteiger partial charge < -0.3 is 16.2 Å². The van der Waals surface area contributed by atoms with Crippen LogP contribution in [-0.2, 0) is 11.2 Å². The van der Waals surface area contributed by atoms with Gasteiger partial charge in [-0.2, -0.15) is 0 Å². The quantitative estimate of drug-likeness (QED) is 0.587. The summed E-state index contributed by atoms with van der Waals surface area (Å²) in [5.74, 6) is -0.128. The number of carbonyl (C=O) groups excluding carboxylic acids is 1. The van der Waals surface area contributed by atoms with E-state index in [9.17, 15) is 4.79 Å². The molecule has 0 saturated heterocycles. The molecule has 1 aromatic carbocycles. The van der Waals surface area contributed by atoms with Crippen LogP contribution >= 0.6 is 0 Å². The minimum absolute atomic E-state index is 0.0456. The highest BCUT2D eigenvalue weighted by molar-refractivity contribution is 5.80. The summed E-state index contributed by atoms with van der Waals surface area (Å²) in [4.78, 5) is 11.2. The summed E-state index contributed by atoms with van der Waals surface area (Å²) in [6.07, 6.45) is 0.257. The van der Waals surface area contributed by atoms with Crippen LogP contribution in [0.2, 0.25) is 0 Å². The van der Waals surface area contributed by atoms with Crippen LogP contribution in [0.15, 0.2) is 24.3 Å². The molecule has 0 atom stereocenters. The Morgan fingerprint density at radius 3 is 2.79 bits per heavy atom. The van der Waals surface area contributed by atoms with E-state index in [1.807, 2.05) is 18.2 Å². The van der Waals surface area contributed by atoms with Gasteiger partial charge in [-0.1, -0.05) is 18.2 Å². The van der Waals surface area contributed by atoms with E-state index < -0.39 is 0 Å². The maximum atomic E-state index is 11.2. The Bertz CT molecular complexity index is 313. The zero-order chi connectivity index (χ0) is 10.4.